The third-order valence-electron chi connectivity index (χ3n) is 2.56. The molecule has 0 amide bonds. The minimum atomic E-state index is -0.728. The molecule has 1 aliphatic heterocycles. The van der Waals surface area contributed by atoms with Crippen LogP contribution in [0.25, 0.3) is 0 Å². The second-order valence-electron chi connectivity index (χ2n) is 3.87. The normalized spacial score (nSPS) is 21.7. The molecule has 0 radical (unpaired) electrons. The van der Waals surface area contributed by atoms with Gasteiger partial charge in [0.05, 0.1) is 12.5 Å². The Balaban J connectivity index is 2.02. The fourth-order valence-electron chi connectivity index (χ4n) is 1.63. The second-order valence-corrected chi connectivity index (χ2v) is 3.87. The van der Waals surface area contributed by atoms with Crippen molar-refractivity contribution in [3.63, 3.8) is 0 Å². The molecule has 0 aliphatic carbocycles. The van der Waals surface area contributed by atoms with Crippen LogP contribution in [0.5, 0.6) is 0 Å². The average Bonchev–Trinajstić information content (AvgIpc) is 2.63. The molecule has 0 saturated carbocycles. The molecule has 1 saturated heterocycles. The smallest absolute Gasteiger partial charge is 0.304 e. The van der Waals surface area contributed by atoms with Crippen LogP contribution < -0.4 is 0 Å². The predicted octanol–water partition coefficient (Wildman–Crippen LogP) is 0.962. The minimum absolute atomic E-state index is 0.224. The number of nitrogens with zero attached hydrogens (tertiary/aromatic N) is 1. The first-order chi connectivity index (χ1) is 6.68. The Labute approximate surface area is 84.8 Å². The molecule has 1 fully saturated rings. The van der Waals surface area contributed by atoms with E-state index < -0.39 is 5.97 Å². The van der Waals surface area contributed by atoms with Crippen molar-refractivity contribution in [3.05, 3.63) is 0 Å². The van der Waals surface area contributed by atoms with Gasteiger partial charge in [-0.1, -0.05) is 0 Å². The maximum atomic E-state index is 10.3. The van der Waals surface area contributed by atoms with E-state index in [9.17, 15) is 4.79 Å². The summed E-state index contributed by atoms with van der Waals surface area (Å²) in [6.45, 7) is 2.45. The zero-order chi connectivity index (χ0) is 10.4. The van der Waals surface area contributed by atoms with Gasteiger partial charge in [0, 0.05) is 19.7 Å². The first kappa shape index (κ1) is 11.5. The van der Waals surface area contributed by atoms with E-state index in [1.54, 1.807) is 0 Å². The van der Waals surface area contributed by atoms with Crippen molar-refractivity contribution in [2.24, 2.45) is 0 Å². The number of ether oxygens (including phenoxy) is 1. The Morgan fingerprint density at radius 2 is 2.36 bits per heavy atom. The summed E-state index contributed by atoms with van der Waals surface area (Å²) < 4.78 is 5.49. The molecule has 14 heavy (non-hydrogen) atoms. The van der Waals surface area contributed by atoms with E-state index in [1.165, 1.54) is 6.42 Å². The molecule has 4 heteroatoms. The van der Waals surface area contributed by atoms with Gasteiger partial charge in [0.15, 0.2) is 0 Å². The highest BCUT2D eigenvalue weighted by Crippen LogP contribution is 2.15. The molecule has 0 aromatic rings. The zero-order valence-electron chi connectivity index (χ0n) is 8.74. The number of hydrogen-bond acceptors (Lipinski definition) is 3. The van der Waals surface area contributed by atoms with Crippen molar-refractivity contribution in [3.8, 4) is 0 Å². The highest BCUT2D eigenvalue weighted by molar-refractivity contribution is 5.66. The number of aliphatic carboxylic acids is 1. The van der Waals surface area contributed by atoms with E-state index in [0.717, 1.165) is 26.0 Å². The van der Waals surface area contributed by atoms with Crippen LogP contribution in [0.4, 0.5) is 0 Å². The van der Waals surface area contributed by atoms with Crippen molar-refractivity contribution in [2.75, 3.05) is 26.7 Å². The fourth-order valence-corrected chi connectivity index (χ4v) is 1.63. The summed E-state index contributed by atoms with van der Waals surface area (Å²) in [6, 6.07) is 0. The monoisotopic (exact) mass is 201 g/mol. The van der Waals surface area contributed by atoms with Crippen LogP contribution >= 0.6 is 0 Å². The Morgan fingerprint density at radius 3 is 2.93 bits per heavy atom. The molecule has 82 valence electrons. The maximum Gasteiger partial charge on any atom is 0.304 e. The van der Waals surface area contributed by atoms with E-state index >= 15 is 0 Å². The molecular weight excluding hydrogens is 182 g/mol. The van der Waals surface area contributed by atoms with Gasteiger partial charge in [-0.2, -0.15) is 0 Å². The fraction of sp³-hybridized carbons (Fsp3) is 0.900. The lowest BCUT2D eigenvalue weighted by Crippen LogP contribution is -2.25. The standard InChI is InChI=1S/C10H19NO3/c1-11(7-5-10(12)13)6-4-9-3-2-8-14-9/h9H,2-8H2,1H3,(H,12,13). The first-order valence-corrected chi connectivity index (χ1v) is 5.20. The average molecular weight is 201 g/mol. The Morgan fingerprint density at radius 1 is 1.57 bits per heavy atom. The largest absolute Gasteiger partial charge is 0.481 e. The molecule has 1 heterocycles. The minimum Gasteiger partial charge on any atom is -0.481 e. The SMILES string of the molecule is CN(CCC(=O)O)CCC1CCCO1. The maximum absolute atomic E-state index is 10.3. The number of carboxylic acids is 1. The van der Waals surface area contributed by atoms with Crippen molar-refractivity contribution in [1.82, 2.24) is 4.90 Å². The summed E-state index contributed by atoms with van der Waals surface area (Å²) in [4.78, 5) is 12.4. The van der Waals surface area contributed by atoms with Gasteiger partial charge in [0.25, 0.3) is 0 Å². The first-order valence-electron chi connectivity index (χ1n) is 5.20. The van der Waals surface area contributed by atoms with E-state index in [1.807, 2.05) is 7.05 Å². The van der Waals surface area contributed by atoms with Gasteiger partial charge in [-0.15, -0.1) is 0 Å². The highest BCUT2D eigenvalue weighted by atomic mass is 16.5. The topological polar surface area (TPSA) is 49.8 Å². The molecule has 0 aromatic heterocycles. The number of hydrogen-bond donors (Lipinski definition) is 1. The third kappa shape index (κ3) is 4.58. The summed E-state index contributed by atoms with van der Waals surface area (Å²) >= 11 is 0. The number of rotatable bonds is 6. The van der Waals surface area contributed by atoms with Crippen molar-refractivity contribution < 1.29 is 14.6 Å². The van der Waals surface area contributed by atoms with Crippen molar-refractivity contribution in [1.29, 1.82) is 0 Å². The molecule has 1 unspecified atom stereocenters. The lowest BCUT2D eigenvalue weighted by atomic mass is 10.2. The highest BCUT2D eigenvalue weighted by Gasteiger charge is 2.15. The lowest BCUT2D eigenvalue weighted by Gasteiger charge is -2.17. The lowest BCUT2D eigenvalue weighted by molar-refractivity contribution is -0.137. The Kier molecular flexibility index (Phi) is 4.90. The van der Waals surface area contributed by atoms with Crippen LogP contribution in [0.15, 0.2) is 0 Å². The summed E-state index contributed by atoms with van der Waals surface area (Å²) in [6.07, 6.45) is 3.98. The van der Waals surface area contributed by atoms with Crippen LogP contribution in [-0.2, 0) is 9.53 Å². The zero-order valence-corrected chi connectivity index (χ0v) is 8.74. The Bertz CT molecular complexity index is 178. The Hall–Kier alpha value is -0.610. The molecule has 1 rings (SSSR count). The summed E-state index contributed by atoms with van der Waals surface area (Å²) in [7, 11) is 1.96. The molecule has 1 N–H and O–H groups in total. The van der Waals surface area contributed by atoms with Crippen LogP contribution in [0.2, 0.25) is 0 Å². The molecular formula is C10H19NO3. The quantitative estimate of drug-likeness (QED) is 0.695. The van der Waals surface area contributed by atoms with Crippen molar-refractivity contribution >= 4 is 5.97 Å². The van der Waals surface area contributed by atoms with E-state index in [4.69, 9.17) is 9.84 Å². The van der Waals surface area contributed by atoms with Crippen LogP contribution in [0, 0.1) is 0 Å². The van der Waals surface area contributed by atoms with Gasteiger partial charge < -0.3 is 14.7 Å². The molecule has 0 spiro atoms. The predicted molar refractivity (Wildman–Crippen MR) is 53.3 cm³/mol. The van der Waals surface area contributed by atoms with Gasteiger partial charge in [-0.3, -0.25) is 4.79 Å². The van der Waals surface area contributed by atoms with Crippen molar-refractivity contribution in [2.45, 2.75) is 31.8 Å². The molecule has 1 aliphatic rings. The number of carboxylic acid groups (broad SMARTS) is 1. The van der Waals surface area contributed by atoms with E-state index in [0.29, 0.717) is 12.6 Å². The third-order valence-corrected chi connectivity index (χ3v) is 2.56. The second kappa shape index (κ2) is 5.98. The van der Waals surface area contributed by atoms with Gasteiger partial charge >= 0.3 is 5.97 Å². The number of carbonyl (C=O) groups is 1. The molecule has 4 nitrogen and oxygen atoms in total. The summed E-state index contributed by atoms with van der Waals surface area (Å²) in [5, 5.41) is 8.49. The summed E-state index contributed by atoms with van der Waals surface area (Å²) in [5.74, 6) is -0.728. The van der Waals surface area contributed by atoms with Gasteiger partial charge in [0.1, 0.15) is 0 Å². The van der Waals surface area contributed by atoms with Crippen LogP contribution in [0.1, 0.15) is 25.7 Å². The van der Waals surface area contributed by atoms with Crippen LogP contribution in [0.3, 0.4) is 0 Å². The molecule has 0 aromatic carbocycles. The summed E-state index contributed by atoms with van der Waals surface area (Å²) in [5.41, 5.74) is 0. The van der Waals surface area contributed by atoms with Gasteiger partial charge in [-0.05, 0) is 26.3 Å². The van der Waals surface area contributed by atoms with E-state index in [-0.39, 0.29) is 6.42 Å². The van der Waals surface area contributed by atoms with Gasteiger partial charge in [-0.25, -0.2) is 0 Å². The van der Waals surface area contributed by atoms with E-state index in [2.05, 4.69) is 4.90 Å². The van der Waals surface area contributed by atoms with Crippen LogP contribution in [-0.4, -0.2) is 48.8 Å². The molecule has 0 bridgehead atoms. The molecule has 1 atom stereocenters. The van der Waals surface area contributed by atoms with Gasteiger partial charge in [0.2, 0.25) is 0 Å².